The Hall–Kier alpha value is -3.64. The molecule has 6 atom stereocenters. The van der Waals surface area contributed by atoms with Crippen LogP contribution in [0.5, 0.6) is 11.5 Å². The van der Waals surface area contributed by atoms with Gasteiger partial charge in [-0.2, -0.15) is 0 Å². The van der Waals surface area contributed by atoms with Crippen LogP contribution in [0.1, 0.15) is 82.8 Å². The Morgan fingerprint density at radius 2 is 1.83 bits per heavy atom. The fourth-order valence-corrected chi connectivity index (χ4v) is 8.22. The van der Waals surface area contributed by atoms with Crippen molar-refractivity contribution in [1.82, 2.24) is 4.90 Å². The van der Waals surface area contributed by atoms with Crippen molar-refractivity contribution in [3.63, 3.8) is 0 Å². The van der Waals surface area contributed by atoms with Crippen LogP contribution in [-0.4, -0.2) is 81.8 Å². The van der Waals surface area contributed by atoms with E-state index >= 15 is 0 Å². The lowest BCUT2D eigenvalue weighted by Crippen LogP contribution is -2.70. The van der Waals surface area contributed by atoms with Crippen LogP contribution in [0.3, 0.4) is 0 Å². The molecule has 10 nitrogen and oxygen atoms in total. The van der Waals surface area contributed by atoms with Gasteiger partial charge < -0.3 is 34.4 Å². The number of aliphatic hydroxyl groups is 2. The van der Waals surface area contributed by atoms with Crippen LogP contribution < -0.4 is 4.74 Å². The number of benzene rings is 2. The van der Waals surface area contributed by atoms with E-state index in [9.17, 15) is 24.5 Å². The van der Waals surface area contributed by atoms with Gasteiger partial charge in [0, 0.05) is 37.7 Å². The highest BCUT2D eigenvalue weighted by Gasteiger charge is 2.65. The first-order valence-electron chi connectivity index (χ1n) is 18.7. The molecule has 1 fully saturated rings. The number of oxime groups is 1. The maximum Gasteiger partial charge on any atom is 0.410 e. The molecule has 0 spiro atoms. The van der Waals surface area contributed by atoms with E-state index in [2.05, 4.69) is 12.7 Å². The fourth-order valence-electron chi connectivity index (χ4n) is 8.15. The first kappa shape index (κ1) is 40.5. The Morgan fingerprint density at radius 1 is 1.11 bits per heavy atom. The molecule has 53 heavy (non-hydrogen) atoms. The second-order valence-electron chi connectivity index (χ2n) is 15.1. The van der Waals surface area contributed by atoms with Crippen LogP contribution in [0.2, 0.25) is 0 Å². The SMILES string of the molecule is C=CCOC12Oc3ccc(O)cc3C3C(CCCCO)C(CCCCO)C=C(C(=NOC(C)(C)C)CC1N(Cc1ccc(F)cc1)C(=O)OCCCl)C32. The number of unbranched alkanes of at least 4 members (excludes halogenated alkanes) is 2. The number of allylic oxidation sites excluding steroid dienone is 1. The molecule has 0 saturated heterocycles. The minimum Gasteiger partial charge on any atom is -0.508 e. The second kappa shape index (κ2) is 18.1. The van der Waals surface area contributed by atoms with E-state index in [4.69, 9.17) is 35.8 Å². The smallest absolute Gasteiger partial charge is 0.410 e. The van der Waals surface area contributed by atoms with E-state index in [-0.39, 0.29) is 68.8 Å². The molecular weight excluding hydrogens is 703 g/mol. The van der Waals surface area contributed by atoms with E-state index in [1.165, 1.54) is 12.1 Å². The third-order valence-corrected chi connectivity index (χ3v) is 10.4. The lowest BCUT2D eigenvalue weighted by Gasteiger charge is -2.59. The van der Waals surface area contributed by atoms with Gasteiger partial charge in [-0.05, 0) is 99.8 Å². The highest BCUT2D eigenvalue weighted by atomic mass is 35.5. The van der Waals surface area contributed by atoms with Gasteiger partial charge in [-0.25, -0.2) is 9.18 Å². The van der Waals surface area contributed by atoms with E-state index in [0.29, 0.717) is 29.9 Å². The summed E-state index contributed by atoms with van der Waals surface area (Å²) in [5.74, 6) is -2.02. The topological polar surface area (TPSA) is 130 Å². The zero-order valence-electron chi connectivity index (χ0n) is 31.0. The number of aromatic hydroxyl groups is 1. The molecule has 1 amide bonds. The van der Waals surface area contributed by atoms with Crippen molar-refractivity contribution >= 4 is 23.4 Å². The van der Waals surface area contributed by atoms with Gasteiger partial charge in [0.1, 0.15) is 35.6 Å². The van der Waals surface area contributed by atoms with Crippen molar-refractivity contribution in [3.05, 3.63) is 83.7 Å². The summed E-state index contributed by atoms with van der Waals surface area (Å²) in [5, 5.41) is 35.2. The molecule has 12 heteroatoms. The molecule has 1 heterocycles. The predicted molar refractivity (Wildman–Crippen MR) is 201 cm³/mol. The number of amides is 1. The van der Waals surface area contributed by atoms with Crippen LogP contribution in [-0.2, 0) is 20.9 Å². The van der Waals surface area contributed by atoms with Crippen molar-refractivity contribution in [2.75, 3.05) is 32.3 Å². The standard InChI is InChI=1S/C41H54ClFN2O8/c1-5-21-51-41-36(45(39(49)50-22-18-42)26-27-12-14-29(43)15-13-27)25-34(44-53-40(2,3)4)32-23-28(10-6-8-19-46)31(11-7-9-20-47)37(38(32)41)33-24-30(48)16-17-35(33)52-41/h5,12-17,23-24,28,31,36-38,46-48H,1,6-11,18-22,25-26H2,2-4H3. The summed E-state index contributed by atoms with van der Waals surface area (Å²) in [6.07, 6.45) is 7.79. The number of fused-ring (bicyclic) bond motifs is 2. The highest BCUT2D eigenvalue weighted by Crippen LogP contribution is 2.62. The number of phenolic OH excluding ortho intramolecular Hbond substituents is 1. The summed E-state index contributed by atoms with van der Waals surface area (Å²) in [6.45, 7) is 9.92. The Bertz CT molecular complexity index is 1610. The van der Waals surface area contributed by atoms with Crippen LogP contribution >= 0.6 is 11.6 Å². The Labute approximate surface area is 317 Å². The molecule has 2 aromatic rings. The van der Waals surface area contributed by atoms with Gasteiger partial charge in [0.05, 0.1) is 24.1 Å². The first-order valence-corrected chi connectivity index (χ1v) is 19.2. The fraction of sp³-hybridized carbons (Fsp3) is 0.561. The number of rotatable bonds is 17. The second-order valence-corrected chi connectivity index (χ2v) is 15.4. The average Bonchev–Trinajstić information content (AvgIpc) is 3.13. The molecule has 0 aromatic heterocycles. The maximum atomic E-state index is 14.2. The number of carbonyl (C=O) groups is 1. The monoisotopic (exact) mass is 756 g/mol. The molecule has 6 unspecified atom stereocenters. The number of hydrogen-bond donors (Lipinski definition) is 3. The van der Waals surface area contributed by atoms with Crippen LogP contribution in [0.4, 0.5) is 9.18 Å². The van der Waals surface area contributed by atoms with E-state index < -0.39 is 35.3 Å². The molecule has 1 aliphatic heterocycles. The highest BCUT2D eigenvalue weighted by molar-refractivity contribution is 6.18. The van der Waals surface area contributed by atoms with Gasteiger partial charge >= 0.3 is 6.09 Å². The first-order chi connectivity index (χ1) is 25.5. The molecular formula is C41H54ClFN2O8. The number of carbonyl (C=O) groups excluding carboxylic acids is 1. The van der Waals surface area contributed by atoms with Gasteiger partial charge in [0.25, 0.3) is 0 Å². The normalized spacial score (nSPS) is 25.5. The molecule has 2 aromatic carbocycles. The van der Waals surface area contributed by atoms with E-state index in [0.717, 1.165) is 36.8 Å². The largest absolute Gasteiger partial charge is 0.508 e. The molecule has 5 rings (SSSR count). The maximum absolute atomic E-state index is 14.2. The summed E-state index contributed by atoms with van der Waals surface area (Å²) in [4.78, 5) is 21.9. The molecule has 0 radical (unpaired) electrons. The summed E-state index contributed by atoms with van der Waals surface area (Å²) < 4.78 is 33.8. The van der Waals surface area contributed by atoms with Crippen molar-refractivity contribution in [1.29, 1.82) is 0 Å². The minimum atomic E-state index is -1.51. The number of aliphatic hydroxyl groups excluding tert-OH is 2. The summed E-state index contributed by atoms with van der Waals surface area (Å²) in [7, 11) is 0. The van der Waals surface area contributed by atoms with Gasteiger partial charge in [0.15, 0.2) is 0 Å². The summed E-state index contributed by atoms with van der Waals surface area (Å²) >= 11 is 6.00. The van der Waals surface area contributed by atoms with Crippen molar-refractivity contribution in [2.24, 2.45) is 22.9 Å². The molecule has 290 valence electrons. The number of ether oxygens (including phenoxy) is 3. The number of hydrogen-bond acceptors (Lipinski definition) is 9. The van der Waals surface area contributed by atoms with Crippen molar-refractivity contribution < 1.29 is 43.6 Å². The number of halogens is 2. The molecule has 0 bridgehead atoms. The Balaban J connectivity index is 1.79. The van der Waals surface area contributed by atoms with Crippen molar-refractivity contribution in [2.45, 2.75) is 95.6 Å². The van der Waals surface area contributed by atoms with E-state index in [1.54, 1.807) is 41.3 Å². The summed E-state index contributed by atoms with van der Waals surface area (Å²) in [6, 6.07) is 10.1. The molecule has 2 aliphatic carbocycles. The minimum absolute atomic E-state index is 0.00225. The quantitative estimate of drug-likeness (QED) is 0.0645. The molecule has 1 saturated carbocycles. The lowest BCUT2D eigenvalue weighted by molar-refractivity contribution is -0.256. The number of alkyl halides is 1. The van der Waals surface area contributed by atoms with Crippen LogP contribution in [0.15, 0.2) is 71.9 Å². The van der Waals surface area contributed by atoms with Gasteiger partial charge in [0.2, 0.25) is 5.79 Å². The van der Waals surface area contributed by atoms with Gasteiger partial charge in [-0.15, -0.1) is 18.2 Å². The van der Waals surface area contributed by atoms with Crippen molar-refractivity contribution in [3.8, 4) is 11.5 Å². The van der Waals surface area contributed by atoms with Crippen LogP contribution in [0, 0.1) is 23.6 Å². The molecule has 3 N–H and O–H groups in total. The van der Waals surface area contributed by atoms with E-state index in [1.807, 2.05) is 20.8 Å². The zero-order chi connectivity index (χ0) is 38.2. The van der Waals surface area contributed by atoms with Crippen LogP contribution in [0.25, 0.3) is 0 Å². The average molecular weight is 757 g/mol. The zero-order valence-corrected chi connectivity index (χ0v) is 31.8. The molecule has 3 aliphatic rings. The number of phenols is 1. The Kier molecular flexibility index (Phi) is 13.9. The van der Waals surface area contributed by atoms with Gasteiger partial charge in [-0.3, -0.25) is 4.90 Å². The summed E-state index contributed by atoms with van der Waals surface area (Å²) in [5.41, 5.74) is 2.33. The Morgan fingerprint density at radius 3 is 2.49 bits per heavy atom. The predicted octanol–water partition coefficient (Wildman–Crippen LogP) is 7.84. The van der Waals surface area contributed by atoms with Gasteiger partial charge in [-0.1, -0.05) is 42.3 Å². The third kappa shape index (κ3) is 9.36. The number of nitrogens with zero attached hydrogens (tertiary/aromatic N) is 2. The lowest BCUT2D eigenvalue weighted by atomic mass is 9.55. The third-order valence-electron chi connectivity index (χ3n) is 10.3.